The van der Waals surface area contributed by atoms with E-state index >= 15 is 0 Å². The third-order valence-corrected chi connectivity index (χ3v) is 4.56. The zero-order chi connectivity index (χ0) is 15.1. The third-order valence-electron chi connectivity index (χ3n) is 4.56. The maximum atomic E-state index is 12.6. The van der Waals surface area contributed by atoms with Crippen LogP contribution in [0.25, 0.3) is 0 Å². The molecular weight excluding hydrogens is 278 g/mol. The SMILES string of the molecule is O=C1C[C@@H](C(=O)Nc2cnc3n2CCCC3)c2ccccc21. The van der Waals surface area contributed by atoms with Gasteiger partial charge >= 0.3 is 0 Å². The monoisotopic (exact) mass is 295 g/mol. The van der Waals surface area contributed by atoms with Crippen LogP contribution in [0.4, 0.5) is 5.82 Å². The molecule has 2 heterocycles. The number of aryl methyl sites for hydroxylation is 1. The summed E-state index contributed by atoms with van der Waals surface area (Å²) in [4.78, 5) is 29.0. The molecule has 2 aromatic rings. The molecule has 0 radical (unpaired) electrons. The number of ketones is 1. The van der Waals surface area contributed by atoms with E-state index in [-0.39, 0.29) is 18.1 Å². The van der Waals surface area contributed by atoms with Crippen molar-refractivity contribution in [2.75, 3.05) is 5.32 Å². The van der Waals surface area contributed by atoms with Crippen LogP contribution < -0.4 is 5.32 Å². The van der Waals surface area contributed by atoms with E-state index in [1.165, 1.54) is 0 Å². The van der Waals surface area contributed by atoms with Crippen molar-refractivity contribution in [3.63, 3.8) is 0 Å². The molecule has 5 heteroatoms. The van der Waals surface area contributed by atoms with Gasteiger partial charge in [0.2, 0.25) is 5.91 Å². The Morgan fingerprint density at radius 1 is 1.27 bits per heavy atom. The van der Waals surface area contributed by atoms with Crippen molar-refractivity contribution in [1.29, 1.82) is 0 Å². The molecule has 0 fully saturated rings. The van der Waals surface area contributed by atoms with Gasteiger partial charge < -0.3 is 9.88 Å². The lowest BCUT2D eigenvalue weighted by atomic mass is 10.0. The number of carbonyl (C=O) groups excluding carboxylic acids is 2. The summed E-state index contributed by atoms with van der Waals surface area (Å²) in [5.41, 5.74) is 1.52. The molecule has 1 atom stereocenters. The van der Waals surface area contributed by atoms with Gasteiger partial charge in [0.15, 0.2) is 5.78 Å². The molecule has 1 aromatic heterocycles. The van der Waals surface area contributed by atoms with Crippen molar-refractivity contribution < 1.29 is 9.59 Å². The van der Waals surface area contributed by atoms with Crippen LogP contribution in [0.5, 0.6) is 0 Å². The summed E-state index contributed by atoms with van der Waals surface area (Å²) in [6.07, 6.45) is 5.19. The van der Waals surface area contributed by atoms with Gasteiger partial charge in [-0.05, 0) is 18.4 Å². The fourth-order valence-corrected chi connectivity index (χ4v) is 3.42. The molecule has 0 saturated heterocycles. The Morgan fingerprint density at radius 3 is 3.05 bits per heavy atom. The van der Waals surface area contributed by atoms with E-state index in [2.05, 4.69) is 14.9 Å². The first kappa shape index (κ1) is 13.2. The Morgan fingerprint density at radius 2 is 2.14 bits per heavy atom. The quantitative estimate of drug-likeness (QED) is 0.926. The second-order valence-corrected chi connectivity index (χ2v) is 5.92. The molecule has 22 heavy (non-hydrogen) atoms. The van der Waals surface area contributed by atoms with Crippen molar-refractivity contribution in [2.45, 2.75) is 38.1 Å². The second-order valence-electron chi connectivity index (χ2n) is 5.92. The maximum Gasteiger partial charge on any atom is 0.233 e. The highest BCUT2D eigenvalue weighted by Crippen LogP contribution is 2.34. The van der Waals surface area contributed by atoms with Gasteiger partial charge in [-0.15, -0.1) is 0 Å². The number of hydrogen-bond donors (Lipinski definition) is 1. The lowest BCUT2D eigenvalue weighted by molar-refractivity contribution is -0.117. The summed E-state index contributed by atoms with van der Waals surface area (Å²) >= 11 is 0. The van der Waals surface area contributed by atoms with Gasteiger partial charge in [0.25, 0.3) is 0 Å². The van der Waals surface area contributed by atoms with Crippen LogP contribution in [0.3, 0.4) is 0 Å². The zero-order valence-corrected chi connectivity index (χ0v) is 12.2. The first-order chi connectivity index (χ1) is 10.7. The van der Waals surface area contributed by atoms with Crippen LogP contribution in [0, 0.1) is 0 Å². The molecule has 0 saturated carbocycles. The van der Waals surface area contributed by atoms with Crippen LogP contribution in [0.1, 0.15) is 46.9 Å². The lowest BCUT2D eigenvalue weighted by Crippen LogP contribution is -2.22. The van der Waals surface area contributed by atoms with Crippen LogP contribution >= 0.6 is 0 Å². The molecule has 0 spiro atoms. The van der Waals surface area contributed by atoms with Crippen molar-refractivity contribution in [2.24, 2.45) is 0 Å². The summed E-state index contributed by atoms with van der Waals surface area (Å²) in [5.74, 6) is 1.32. The number of carbonyl (C=O) groups is 2. The first-order valence-electron chi connectivity index (χ1n) is 7.71. The van der Waals surface area contributed by atoms with Gasteiger partial charge in [-0.2, -0.15) is 0 Å². The Hall–Kier alpha value is -2.43. The molecule has 0 unspecified atom stereocenters. The van der Waals surface area contributed by atoms with Crippen LogP contribution in [-0.4, -0.2) is 21.2 Å². The van der Waals surface area contributed by atoms with Crippen molar-refractivity contribution >= 4 is 17.5 Å². The molecule has 1 aliphatic heterocycles. The van der Waals surface area contributed by atoms with E-state index in [1.807, 2.05) is 18.2 Å². The largest absolute Gasteiger partial charge is 0.315 e. The highest BCUT2D eigenvalue weighted by molar-refractivity contribution is 6.09. The highest BCUT2D eigenvalue weighted by Gasteiger charge is 2.34. The highest BCUT2D eigenvalue weighted by atomic mass is 16.2. The third kappa shape index (κ3) is 2.04. The van der Waals surface area contributed by atoms with Gasteiger partial charge in [-0.3, -0.25) is 9.59 Å². The number of benzene rings is 1. The normalized spacial score (nSPS) is 19.6. The summed E-state index contributed by atoms with van der Waals surface area (Å²) in [5, 5.41) is 2.96. The zero-order valence-electron chi connectivity index (χ0n) is 12.2. The Balaban J connectivity index is 1.59. The van der Waals surface area contributed by atoms with E-state index in [9.17, 15) is 9.59 Å². The minimum absolute atomic E-state index is 0.0473. The molecule has 4 rings (SSSR count). The number of anilines is 1. The molecule has 1 amide bonds. The Labute approximate surface area is 128 Å². The molecule has 112 valence electrons. The number of aromatic nitrogens is 2. The van der Waals surface area contributed by atoms with Crippen molar-refractivity contribution in [1.82, 2.24) is 9.55 Å². The number of hydrogen-bond acceptors (Lipinski definition) is 3. The van der Waals surface area contributed by atoms with Crippen molar-refractivity contribution in [3.8, 4) is 0 Å². The number of Topliss-reactive ketones (excluding diaryl/α,β-unsaturated/α-hetero) is 1. The predicted octanol–water partition coefficient (Wildman–Crippen LogP) is 2.53. The smallest absolute Gasteiger partial charge is 0.233 e. The van der Waals surface area contributed by atoms with E-state index in [4.69, 9.17) is 0 Å². The fourth-order valence-electron chi connectivity index (χ4n) is 3.42. The average molecular weight is 295 g/mol. The lowest BCUT2D eigenvalue weighted by Gasteiger charge is -2.17. The van der Waals surface area contributed by atoms with Crippen LogP contribution in [0.15, 0.2) is 30.5 Å². The first-order valence-corrected chi connectivity index (χ1v) is 7.71. The molecule has 1 N–H and O–H groups in total. The number of nitrogens with zero attached hydrogens (tertiary/aromatic N) is 2. The van der Waals surface area contributed by atoms with E-state index in [0.717, 1.165) is 43.0 Å². The average Bonchev–Trinajstić information content (AvgIpc) is 3.10. The van der Waals surface area contributed by atoms with Gasteiger partial charge in [-0.25, -0.2) is 4.98 Å². The number of rotatable bonds is 2. The fraction of sp³-hybridized carbons (Fsp3) is 0.353. The molecule has 2 aliphatic rings. The summed E-state index contributed by atoms with van der Waals surface area (Å²) in [6.45, 7) is 0.894. The summed E-state index contributed by atoms with van der Waals surface area (Å²) in [6, 6.07) is 7.38. The Bertz CT molecular complexity index is 763. The summed E-state index contributed by atoms with van der Waals surface area (Å²) < 4.78 is 2.07. The van der Waals surface area contributed by atoms with Gasteiger partial charge in [-0.1, -0.05) is 24.3 Å². The summed E-state index contributed by atoms with van der Waals surface area (Å²) in [7, 11) is 0. The van der Waals surface area contributed by atoms with Crippen molar-refractivity contribution in [3.05, 3.63) is 47.4 Å². The molecule has 5 nitrogen and oxygen atoms in total. The maximum absolute atomic E-state index is 12.6. The van der Waals surface area contributed by atoms with E-state index in [0.29, 0.717) is 5.56 Å². The second kappa shape index (κ2) is 5.09. The molecule has 1 aromatic carbocycles. The van der Waals surface area contributed by atoms with E-state index < -0.39 is 5.92 Å². The minimum atomic E-state index is -0.390. The molecular formula is C17H17N3O2. The van der Waals surface area contributed by atoms with Gasteiger partial charge in [0.05, 0.1) is 12.1 Å². The number of nitrogens with one attached hydrogen (secondary N) is 1. The number of fused-ring (bicyclic) bond motifs is 2. The number of amides is 1. The molecule has 1 aliphatic carbocycles. The van der Waals surface area contributed by atoms with Gasteiger partial charge in [0, 0.05) is 24.9 Å². The van der Waals surface area contributed by atoms with Gasteiger partial charge in [0.1, 0.15) is 11.6 Å². The van der Waals surface area contributed by atoms with Crippen LogP contribution in [0.2, 0.25) is 0 Å². The van der Waals surface area contributed by atoms with E-state index in [1.54, 1.807) is 12.3 Å². The molecule has 0 bridgehead atoms. The minimum Gasteiger partial charge on any atom is -0.315 e. The predicted molar refractivity (Wildman–Crippen MR) is 81.9 cm³/mol. The Kier molecular flexibility index (Phi) is 3.06. The van der Waals surface area contributed by atoms with Crippen LogP contribution in [-0.2, 0) is 17.8 Å². The number of imidazole rings is 1. The topological polar surface area (TPSA) is 64.0 Å². The standard InChI is InChI=1S/C17H17N3O2/c21-14-9-13(11-5-1-2-6-12(11)14)17(22)19-16-10-18-15-7-3-4-8-20(15)16/h1-2,5-6,10,13H,3-4,7-9H2,(H,19,22)/t13-/m1/s1.